The molecule has 0 fully saturated rings. The summed E-state index contributed by atoms with van der Waals surface area (Å²) < 4.78 is 13.0. The van der Waals surface area contributed by atoms with Gasteiger partial charge in [0.15, 0.2) is 11.7 Å². The van der Waals surface area contributed by atoms with Crippen LogP contribution in [-0.2, 0) is 14.3 Å². The van der Waals surface area contributed by atoms with Crippen molar-refractivity contribution in [2.75, 3.05) is 13.2 Å². The molecule has 2 heterocycles. The van der Waals surface area contributed by atoms with Gasteiger partial charge in [-0.2, -0.15) is 5.10 Å². The fourth-order valence-corrected chi connectivity index (χ4v) is 4.92. The van der Waals surface area contributed by atoms with E-state index in [4.69, 9.17) is 21.7 Å². The van der Waals surface area contributed by atoms with Crippen molar-refractivity contribution in [3.8, 4) is 11.4 Å². The Labute approximate surface area is 247 Å². The second-order valence-electron chi connectivity index (χ2n) is 9.35. The molecule has 0 unspecified atom stereocenters. The third kappa shape index (κ3) is 6.63. The normalized spacial score (nSPS) is 14.8. The lowest BCUT2D eigenvalue weighted by Crippen LogP contribution is -2.45. The van der Waals surface area contributed by atoms with Gasteiger partial charge in [-0.3, -0.25) is 14.9 Å². The molecule has 1 atom stereocenters. The average molecular weight is 591 g/mol. The largest absolute Gasteiger partial charge is 0.483 e. The number of allylic oxidation sites excluding steroid dienone is 1. The van der Waals surface area contributed by atoms with Crippen molar-refractivity contribution in [2.24, 2.45) is 5.10 Å². The second kappa shape index (κ2) is 13.1. The monoisotopic (exact) mass is 590 g/mol. The number of nitrogens with one attached hydrogen (secondary N) is 3. The number of benzene rings is 2. The molecular formula is C29H30N6O6S. The summed E-state index contributed by atoms with van der Waals surface area (Å²) in [6, 6.07) is 14.5. The fourth-order valence-electron chi connectivity index (χ4n) is 4.65. The Morgan fingerprint density at radius 3 is 2.57 bits per heavy atom. The van der Waals surface area contributed by atoms with E-state index in [-0.39, 0.29) is 18.9 Å². The molecule has 0 bridgehead atoms. The molecule has 1 amide bonds. The first-order valence-electron chi connectivity index (χ1n) is 13.0. The minimum Gasteiger partial charge on any atom is -0.483 e. The van der Waals surface area contributed by atoms with Crippen LogP contribution >= 0.6 is 12.2 Å². The standard InChI is InChI=1S/C29H30N6O6S/c1-5-40-28(37)26-18(3)31-29(42)32-27(26)23-8-6-7-9-24(23)41-16-25(36)33-30-15-20-14-17(2)34(19(20)4)21-10-12-22(13-11-21)35(38)39/h6-15,27H,5,16H2,1-4H3,(H,33,36)(H2,31,32,42)/t27-/m1/s1. The maximum atomic E-state index is 12.7. The van der Waals surface area contributed by atoms with E-state index in [1.807, 2.05) is 24.5 Å². The number of aromatic nitrogens is 1. The van der Waals surface area contributed by atoms with Gasteiger partial charge >= 0.3 is 5.97 Å². The Morgan fingerprint density at radius 2 is 1.88 bits per heavy atom. The number of non-ortho nitro benzene ring substituents is 1. The Morgan fingerprint density at radius 1 is 1.17 bits per heavy atom. The van der Waals surface area contributed by atoms with Crippen molar-refractivity contribution in [1.82, 2.24) is 20.6 Å². The molecule has 3 aromatic rings. The van der Waals surface area contributed by atoms with Crippen LogP contribution in [0.3, 0.4) is 0 Å². The number of rotatable bonds is 10. The van der Waals surface area contributed by atoms with Crippen LogP contribution in [0.5, 0.6) is 5.75 Å². The van der Waals surface area contributed by atoms with E-state index >= 15 is 0 Å². The summed E-state index contributed by atoms with van der Waals surface area (Å²) in [6.07, 6.45) is 1.52. The molecule has 12 nitrogen and oxygen atoms in total. The SMILES string of the molecule is CCOC(=O)C1=C(C)NC(=S)N[C@@H]1c1ccccc1OCC(=O)NN=Cc1cc(C)n(-c2ccc([N+](=O)[O-])cc2)c1C. The van der Waals surface area contributed by atoms with E-state index in [1.165, 1.54) is 18.3 Å². The number of ether oxygens (including phenoxy) is 2. The Hall–Kier alpha value is -5.04. The summed E-state index contributed by atoms with van der Waals surface area (Å²) in [5, 5.41) is 21.4. The van der Waals surface area contributed by atoms with Crippen LogP contribution in [0.1, 0.15) is 42.4 Å². The number of amides is 1. The van der Waals surface area contributed by atoms with Gasteiger partial charge in [-0.1, -0.05) is 18.2 Å². The van der Waals surface area contributed by atoms with E-state index in [2.05, 4.69) is 21.2 Å². The molecule has 1 aromatic heterocycles. The Balaban J connectivity index is 1.43. The molecule has 1 aliphatic heterocycles. The minimum atomic E-state index is -0.638. The Kier molecular flexibility index (Phi) is 9.32. The molecule has 0 spiro atoms. The summed E-state index contributed by atoms with van der Waals surface area (Å²) >= 11 is 5.31. The number of hydrazone groups is 1. The number of carbonyl (C=O) groups is 2. The maximum absolute atomic E-state index is 12.7. The van der Waals surface area contributed by atoms with E-state index in [0.29, 0.717) is 27.7 Å². The van der Waals surface area contributed by atoms with Crippen molar-refractivity contribution in [1.29, 1.82) is 0 Å². The van der Waals surface area contributed by atoms with Gasteiger partial charge < -0.3 is 24.7 Å². The quantitative estimate of drug-likeness (QED) is 0.105. The van der Waals surface area contributed by atoms with E-state index in [9.17, 15) is 19.7 Å². The molecule has 1 aliphatic rings. The highest BCUT2D eigenvalue weighted by Crippen LogP contribution is 2.33. The molecule has 0 aliphatic carbocycles. The van der Waals surface area contributed by atoms with Crippen LogP contribution in [0.15, 0.2) is 71.0 Å². The van der Waals surface area contributed by atoms with Crippen molar-refractivity contribution in [3.05, 3.63) is 98.5 Å². The van der Waals surface area contributed by atoms with Crippen LogP contribution in [0.2, 0.25) is 0 Å². The summed E-state index contributed by atoms with van der Waals surface area (Å²) in [6.45, 7) is 7.15. The number of carbonyl (C=O) groups excluding carboxylic acids is 2. The molecule has 13 heteroatoms. The van der Waals surface area contributed by atoms with Crippen molar-refractivity contribution in [3.63, 3.8) is 0 Å². The number of aryl methyl sites for hydroxylation is 1. The third-order valence-corrected chi connectivity index (χ3v) is 6.76. The van der Waals surface area contributed by atoms with E-state index in [1.54, 1.807) is 50.2 Å². The Bertz CT molecular complexity index is 1590. The number of hydrogen-bond donors (Lipinski definition) is 3. The van der Waals surface area contributed by atoms with Gasteiger partial charge in [0, 0.05) is 46.0 Å². The molecule has 3 N–H and O–H groups in total. The first kappa shape index (κ1) is 29.9. The lowest BCUT2D eigenvalue weighted by atomic mass is 9.95. The molecule has 4 rings (SSSR count). The van der Waals surface area contributed by atoms with Gasteiger partial charge in [0.05, 0.1) is 29.4 Å². The molecule has 42 heavy (non-hydrogen) atoms. The van der Waals surface area contributed by atoms with Crippen LogP contribution in [0.25, 0.3) is 5.69 Å². The van der Waals surface area contributed by atoms with Crippen LogP contribution in [0.4, 0.5) is 5.69 Å². The van der Waals surface area contributed by atoms with Crippen molar-refractivity contribution in [2.45, 2.75) is 33.7 Å². The number of nitro groups is 1. The highest BCUT2D eigenvalue weighted by molar-refractivity contribution is 7.80. The van der Waals surface area contributed by atoms with Gasteiger partial charge in [0.2, 0.25) is 0 Å². The lowest BCUT2D eigenvalue weighted by Gasteiger charge is -2.30. The maximum Gasteiger partial charge on any atom is 0.338 e. The lowest BCUT2D eigenvalue weighted by molar-refractivity contribution is -0.384. The number of nitrogens with zero attached hydrogens (tertiary/aromatic N) is 3. The van der Waals surface area contributed by atoms with Gasteiger partial charge in [0.25, 0.3) is 11.6 Å². The predicted molar refractivity (Wildman–Crippen MR) is 161 cm³/mol. The molecule has 0 saturated carbocycles. The van der Waals surface area contributed by atoms with Gasteiger partial charge in [-0.15, -0.1) is 0 Å². The topological polar surface area (TPSA) is 149 Å². The summed E-state index contributed by atoms with van der Waals surface area (Å²) in [5.74, 6) is -0.589. The van der Waals surface area contributed by atoms with E-state index < -0.39 is 22.8 Å². The number of para-hydroxylation sites is 1. The number of esters is 1. The molecule has 2 aromatic carbocycles. The van der Waals surface area contributed by atoms with Crippen molar-refractivity contribution < 1.29 is 24.0 Å². The first-order valence-corrected chi connectivity index (χ1v) is 13.4. The zero-order chi connectivity index (χ0) is 30.4. The first-order chi connectivity index (χ1) is 20.1. The summed E-state index contributed by atoms with van der Waals surface area (Å²) in [7, 11) is 0. The molecule has 0 saturated heterocycles. The van der Waals surface area contributed by atoms with E-state index in [0.717, 1.165) is 22.6 Å². The summed E-state index contributed by atoms with van der Waals surface area (Å²) in [5.41, 5.74) is 7.29. The van der Waals surface area contributed by atoms with Crippen molar-refractivity contribution >= 4 is 41.1 Å². The van der Waals surface area contributed by atoms with Crippen LogP contribution in [-0.4, -0.2) is 45.9 Å². The number of hydrogen-bond acceptors (Lipinski definition) is 8. The average Bonchev–Trinajstić information content (AvgIpc) is 3.24. The predicted octanol–water partition coefficient (Wildman–Crippen LogP) is 3.89. The minimum absolute atomic E-state index is 0.0112. The molecule has 218 valence electrons. The number of nitro benzene ring substituents is 1. The summed E-state index contributed by atoms with van der Waals surface area (Å²) in [4.78, 5) is 35.8. The molecular weight excluding hydrogens is 560 g/mol. The van der Waals surface area contributed by atoms with Gasteiger partial charge in [-0.05, 0) is 64.2 Å². The smallest absolute Gasteiger partial charge is 0.338 e. The second-order valence-corrected chi connectivity index (χ2v) is 9.75. The van der Waals surface area contributed by atoms with Crippen LogP contribution in [0, 0.1) is 24.0 Å². The zero-order valence-electron chi connectivity index (χ0n) is 23.5. The van der Waals surface area contributed by atoms with Crippen LogP contribution < -0.4 is 20.8 Å². The zero-order valence-corrected chi connectivity index (χ0v) is 24.3. The van der Waals surface area contributed by atoms with Gasteiger partial charge in [-0.25, -0.2) is 10.2 Å². The number of thiocarbonyl (C=S) groups is 1. The third-order valence-electron chi connectivity index (χ3n) is 6.54. The molecule has 0 radical (unpaired) electrons. The highest BCUT2D eigenvalue weighted by atomic mass is 32.1. The highest BCUT2D eigenvalue weighted by Gasteiger charge is 2.32. The fraction of sp³-hybridized carbons (Fsp3) is 0.241. The van der Waals surface area contributed by atoms with Gasteiger partial charge in [0.1, 0.15) is 5.75 Å².